The van der Waals surface area contributed by atoms with Gasteiger partial charge in [0.1, 0.15) is 45.1 Å². The van der Waals surface area contributed by atoms with Crippen molar-refractivity contribution in [3.8, 4) is 40.2 Å². The van der Waals surface area contributed by atoms with Gasteiger partial charge in [-0.25, -0.2) is 16.8 Å². The number of aryl methyl sites for hydroxylation is 1. The molecule has 0 aliphatic heterocycles. The van der Waals surface area contributed by atoms with Crippen LogP contribution in [0, 0.1) is 6.92 Å². The number of methoxy groups -OCH3 is 1. The van der Waals surface area contributed by atoms with Gasteiger partial charge in [-0.15, -0.1) is 12.6 Å². The first kappa shape index (κ1) is 50.3. The van der Waals surface area contributed by atoms with Crippen molar-refractivity contribution >= 4 is 40.4 Å². The number of benzene rings is 8. The molecule has 8 aromatic rings. The summed E-state index contributed by atoms with van der Waals surface area (Å²) in [4.78, 5) is -0.889. The second-order valence-corrected chi connectivity index (χ2v) is 21.2. The van der Waals surface area contributed by atoms with Crippen LogP contribution in [0.2, 0.25) is 0 Å². The SMILES string of the molecule is COc1ccc(S(=O)(=O)c2ccc(Oc3ccc(Cc4ccc(Oc5ccc(S(=O)(=O)c6ccc(Oc7ccc(Cc8ccc(C)cc8)cc7)cc6)cc5)cc4)cc3)c(S(=O)(=O)O)c2)cc1.O=S(=O)=O. The molecule has 0 aromatic heterocycles. The molecule has 0 fully saturated rings. The lowest BCUT2D eigenvalue weighted by Crippen LogP contribution is -2.06. The Morgan fingerprint density at radius 3 is 1.03 bits per heavy atom. The summed E-state index contributed by atoms with van der Waals surface area (Å²) >= 11 is 0. The largest absolute Gasteiger partial charge is 0.497 e. The van der Waals surface area contributed by atoms with Crippen LogP contribution in [0.1, 0.15) is 27.8 Å². The first-order valence-electron chi connectivity index (χ1n) is 20.9. The van der Waals surface area contributed by atoms with E-state index in [0.29, 0.717) is 35.2 Å². The molecule has 14 nitrogen and oxygen atoms in total. The third-order valence-electron chi connectivity index (χ3n) is 10.5. The molecule has 0 radical (unpaired) electrons. The van der Waals surface area contributed by atoms with Crippen molar-refractivity contribution in [3.05, 3.63) is 216 Å². The van der Waals surface area contributed by atoms with Crippen LogP contribution in [-0.2, 0) is 53.2 Å². The van der Waals surface area contributed by atoms with Crippen LogP contribution < -0.4 is 18.9 Å². The Morgan fingerprint density at radius 1 is 0.400 bits per heavy atom. The number of hydrogen-bond acceptors (Lipinski definition) is 13. The first-order valence-corrected chi connectivity index (χ1v) is 26.3. The van der Waals surface area contributed by atoms with Crippen molar-refractivity contribution in [2.75, 3.05) is 7.11 Å². The summed E-state index contributed by atoms with van der Waals surface area (Å²) in [5.74, 6) is 2.61. The molecule has 0 spiro atoms. The summed E-state index contributed by atoms with van der Waals surface area (Å²) in [6.45, 7) is 2.07. The number of sulfone groups is 2. The van der Waals surface area contributed by atoms with Gasteiger partial charge in [-0.1, -0.05) is 66.2 Å². The van der Waals surface area contributed by atoms with E-state index < -0.39 is 45.3 Å². The molecular formula is C52H42O14S4. The Morgan fingerprint density at radius 2 is 0.686 bits per heavy atom. The molecule has 0 amide bonds. The number of hydrogen-bond donors (Lipinski definition) is 1. The highest BCUT2D eigenvalue weighted by molar-refractivity contribution is 7.92. The minimum atomic E-state index is -4.88. The van der Waals surface area contributed by atoms with Gasteiger partial charge in [-0.3, -0.25) is 4.55 Å². The molecule has 70 heavy (non-hydrogen) atoms. The predicted molar refractivity (Wildman–Crippen MR) is 259 cm³/mol. The second-order valence-electron chi connectivity index (χ2n) is 15.5. The molecule has 358 valence electrons. The van der Waals surface area contributed by atoms with Crippen molar-refractivity contribution < 1.29 is 61.4 Å². The second kappa shape index (κ2) is 21.8. The zero-order valence-corrected chi connectivity index (χ0v) is 40.5. The van der Waals surface area contributed by atoms with Crippen LogP contribution in [0.5, 0.6) is 40.2 Å². The smallest absolute Gasteiger partial charge is 0.425 e. The van der Waals surface area contributed by atoms with E-state index in [2.05, 4.69) is 31.2 Å². The molecule has 0 aliphatic rings. The van der Waals surface area contributed by atoms with Crippen LogP contribution in [0.15, 0.2) is 213 Å². The topological polar surface area (TPSA) is 211 Å². The van der Waals surface area contributed by atoms with E-state index >= 15 is 0 Å². The fourth-order valence-corrected chi connectivity index (χ4v) is 10.2. The van der Waals surface area contributed by atoms with E-state index in [9.17, 15) is 29.8 Å². The molecule has 0 saturated heterocycles. The van der Waals surface area contributed by atoms with Crippen LogP contribution in [0.25, 0.3) is 0 Å². The van der Waals surface area contributed by atoms with Gasteiger partial charge in [-0.2, -0.15) is 8.42 Å². The van der Waals surface area contributed by atoms with E-state index in [1.165, 1.54) is 78.9 Å². The average Bonchev–Trinajstić information content (AvgIpc) is 3.34. The molecule has 0 heterocycles. The molecule has 0 aliphatic carbocycles. The van der Waals surface area contributed by atoms with Crippen LogP contribution in [-0.4, -0.2) is 49.5 Å². The van der Waals surface area contributed by atoms with E-state index in [-0.39, 0.29) is 31.1 Å². The molecule has 8 rings (SSSR count). The molecular weight excluding hydrogens is 977 g/mol. The molecule has 0 unspecified atom stereocenters. The van der Waals surface area contributed by atoms with Crippen molar-refractivity contribution in [1.82, 2.24) is 0 Å². The van der Waals surface area contributed by atoms with Crippen LogP contribution in [0.3, 0.4) is 0 Å². The van der Waals surface area contributed by atoms with Gasteiger partial charge in [0.05, 0.1) is 26.7 Å². The van der Waals surface area contributed by atoms with Gasteiger partial charge in [-0.05, 0) is 169 Å². The van der Waals surface area contributed by atoms with Gasteiger partial charge in [0, 0.05) is 0 Å². The fraction of sp³-hybridized carbons (Fsp3) is 0.0769. The average molecular weight is 1020 g/mol. The van der Waals surface area contributed by atoms with E-state index in [1.54, 1.807) is 60.7 Å². The molecule has 0 atom stereocenters. The molecule has 18 heteroatoms. The fourth-order valence-electron chi connectivity index (χ4n) is 6.94. The van der Waals surface area contributed by atoms with Crippen molar-refractivity contribution in [2.45, 2.75) is 44.2 Å². The lowest BCUT2D eigenvalue weighted by molar-refractivity contribution is 0.414. The van der Waals surface area contributed by atoms with Crippen molar-refractivity contribution in [3.63, 3.8) is 0 Å². The van der Waals surface area contributed by atoms with E-state index in [1.807, 2.05) is 36.4 Å². The quantitative estimate of drug-likeness (QED) is 0.0893. The normalized spacial score (nSPS) is 11.4. The summed E-state index contributed by atoms with van der Waals surface area (Å²) in [7, 11) is -14.5. The Kier molecular flexibility index (Phi) is 15.6. The summed E-state index contributed by atoms with van der Waals surface area (Å²) in [6.07, 6.45) is 1.35. The minimum Gasteiger partial charge on any atom is -0.497 e. The Hall–Kier alpha value is -7.61. The molecule has 8 aromatic carbocycles. The third kappa shape index (κ3) is 13.1. The predicted octanol–water partition coefficient (Wildman–Crippen LogP) is 10.5. The summed E-state index contributed by atoms with van der Waals surface area (Å²) in [5, 5.41) is 0. The first-order chi connectivity index (χ1) is 33.3. The van der Waals surface area contributed by atoms with Gasteiger partial charge in [0.2, 0.25) is 19.7 Å². The highest BCUT2D eigenvalue weighted by Gasteiger charge is 2.25. The highest BCUT2D eigenvalue weighted by atomic mass is 32.2. The zero-order valence-electron chi connectivity index (χ0n) is 37.2. The summed E-state index contributed by atoms with van der Waals surface area (Å²) < 4.78 is 136. The maximum absolute atomic E-state index is 13.5. The van der Waals surface area contributed by atoms with Gasteiger partial charge >= 0.3 is 10.6 Å². The monoisotopic (exact) mass is 1020 g/mol. The maximum Gasteiger partial charge on any atom is 0.425 e. The summed E-state index contributed by atoms with van der Waals surface area (Å²) in [5.41, 5.74) is 5.47. The zero-order chi connectivity index (χ0) is 50.1. The van der Waals surface area contributed by atoms with Crippen molar-refractivity contribution in [2.24, 2.45) is 0 Å². The van der Waals surface area contributed by atoms with Crippen LogP contribution >= 0.6 is 0 Å². The van der Waals surface area contributed by atoms with Gasteiger partial charge < -0.3 is 18.9 Å². The van der Waals surface area contributed by atoms with Gasteiger partial charge in [0.15, 0.2) is 0 Å². The standard InChI is InChI=1S/C52H42O11S3.O3S/c1-36-3-5-37(6-4-36)33-38-7-13-42(14-8-38)61-44-21-27-47(28-22-44)64(53,54)48-29-23-45(24-30-48)62-43-15-9-39(10-16-43)34-40-11-17-46(18-12-40)63-51-32-31-50(35-52(51)66(57,58)59)65(55,56)49-25-19-41(60-2)20-26-49;1-4(2)3/h3-32,35H,33-34H2,1-2H3,(H,57,58,59);. The van der Waals surface area contributed by atoms with E-state index in [0.717, 1.165) is 29.2 Å². The van der Waals surface area contributed by atoms with Crippen molar-refractivity contribution in [1.29, 1.82) is 0 Å². The summed E-state index contributed by atoms with van der Waals surface area (Å²) in [6, 6.07) is 51.9. The van der Waals surface area contributed by atoms with Gasteiger partial charge in [0.25, 0.3) is 10.1 Å². The Balaban J connectivity index is 0.00000174. The molecule has 0 bridgehead atoms. The lowest BCUT2D eigenvalue weighted by Gasteiger charge is -2.13. The van der Waals surface area contributed by atoms with Crippen LogP contribution in [0.4, 0.5) is 0 Å². The number of ether oxygens (including phenoxy) is 4. The highest BCUT2D eigenvalue weighted by Crippen LogP contribution is 2.34. The third-order valence-corrected chi connectivity index (χ3v) is 15.0. The maximum atomic E-state index is 13.5. The molecule has 1 N–H and O–H groups in total. The Labute approximate surface area is 407 Å². The minimum absolute atomic E-state index is 0.0881. The lowest BCUT2D eigenvalue weighted by atomic mass is 10.0. The number of rotatable bonds is 16. The Bertz CT molecular complexity index is 3550. The molecule has 0 saturated carbocycles. The van der Waals surface area contributed by atoms with E-state index in [4.69, 9.17) is 31.6 Å².